The Morgan fingerprint density at radius 3 is 3.00 bits per heavy atom. The minimum Gasteiger partial charge on any atom is -0.468 e. The third-order valence-corrected chi connectivity index (χ3v) is 3.75. The topological polar surface area (TPSA) is 29.5 Å². The van der Waals surface area contributed by atoms with Crippen molar-refractivity contribution in [3.8, 4) is 0 Å². The van der Waals surface area contributed by atoms with Gasteiger partial charge >= 0.3 is 5.97 Å². The van der Waals surface area contributed by atoms with Gasteiger partial charge < -0.3 is 4.74 Å². The standard InChI is InChI=1S/C14H17ClFNO2/c1-19-14(18)13-4-2-3-7-17(13)9-10-5-6-12(16)11(15)8-10/h5-6,8,13H,2-4,7,9H2,1H3/t13-/m1/s1. The number of carbonyl (C=O) groups excluding carboxylic acids is 1. The molecule has 1 aromatic carbocycles. The molecule has 0 radical (unpaired) electrons. The number of piperidine rings is 1. The van der Waals surface area contributed by atoms with Crippen LogP contribution < -0.4 is 0 Å². The van der Waals surface area contributed by atoms with E-state index in [2.05, 4.69) is 4.90 Å². The zero-order valence-corrected chi connectivity index (χ0v) is 11.6. The highest BCUT2D eigenvalue weighted by atomic mass is 35.5. The number of benzene rings is 1. The largest absolute Gasteiger partial charge is 0.468 e. The average molecular weight is 286 g/mol. The van der Waals surface area contributed by atoms with Gasteiger partial charge in [-0.05, 0) is 37.1 Å². The molecule has 1 aliphatic heterocycles. The van der Waals surface area contributed by atoms with Crippen molar-refractivity contribution >= 4 is 17.6 Å². The summed E-state index contributed by atoms with van der Waals surface area (Å²) >= 11 is 5.77. The minimum atomic E-state index is -0.423. The van der Waals surface area contributed by atoms with E-state index in [1.165, 1.54) is 13.2 Å². The lowest BCUT2D eigenvalue weighted by molar-refractivity contribution is -0.148. The quantitative estimate of drug-likeness (QED) is 0.800. The lowest BCUT2D eigenvalue weighted by Gasteiger charge is -2.33. The summed E-state index contributed by atoms with van der Waals surface area (Å²) in [4.78, 5) is 13.8. The summed E-state index contributed by atoms with van der Waals surface area (Å²) < 4.78 is 18.0. The second-order valence-electron chi connectivity index (χ2n) is 4.75. The molecule has 0 amide bonds. The van der Waals surface area contributed by atoms with E-state index in [0.29, 0.717) is 6.54 Å². The van der Waals surface area contributed by atoms with E-state index in [-0.39, 0.29) is 17.0 Å². The van der Waals surface area contributed by atoms with E-state index in [0.717, 1.165) is 31.4 Å². The summed E-state index contributed by atoms with van der Waals surface area (Å²) in [6.45, 7) is 1.43. The molecule has 1 aromatic rings. The molecule has 19 heavy (non-hydrogen) atoms. The van der Waals surface area contributed by atoms with Crippen LogP contribution in [0, 0.1) is 5.82 Å². The van der Waals surface area contributed by atoms with Gasteiger partial charge in [-0.1, -0.05) is 24.1 Å². The molecule has 0 saturated carbocycles. The van der Waals surface area contributed by atoms with Crippen LogP contribution in [0.5, 0.6) is 0 Å². The van der Waals surface area contributed by atoms with Crippen molar-refractivity contribution in [2.24, 2.45) is 0 Å². The average Bonchev–Trinajstić information content (AvgIpc) is 2.43. The molecule has 5 heteroatoms. The molecule has 3 nitrogen and oxygen atoms in total. The van der Waals surface area contributed by atoms with Gasteiger partial charge in [-0.3, -0.25) is 9.69 Å². The predicted molar refractivity (Wildman–Crippen MR) is 71.5 cm³/mol. The minimum absolute atomic E-state index is 0.115. The van der Waals surface area contributed by atoms with Crippen molar-refractivity contribution in [1.29, 1.82) is 0 Å². The third kappa shape index (κ3) is 3.45. The van der Waals surface area contributed by atoms with Crippen molar-refractivity contribution in [2.45, 2.75) is 31.8 Å². The second kappa shape index (κ2) is 6.35. The normalized spacial score (nSPS) is 20.3. The Kier molecular flexibility index (Phi) is 4.77. The molecule has 1 saturated heterocycles. The van der Waals surface area contributed by atoms with Crippen LogP contribution in [0.3, 0.4) is 0 Å². The number of ether oxygens (including phenoxy) is 1. The zero-order chi connectivity index (χ0) is 13.8. The molecule has 0 spiro atoms. The summed E-state index contributed by atoms with van der Waals surface area (Å²) in [5, 5.41) is 0.115. The van der Waals surface area contributed by atoms with Crippen molar-refractivity contribution in [3.63, 3.8) is 0 Å². The Morgan fingerprint density at radius 1 is 1.53 bits per heavy atom. The van der Waals surface area contributed by atoms with Crippen molar-refractivity contribution in [3.05, 3.63) is 34.6 Å². The van der Waals surface area contributed by atoms with Crippen LogP contribution in [-0.4, -0.2) is 30.6 Å². The zero-order valence-electron chi connectivity index (χ0n) is 10.9. The van der Waals surface area contributed by atoms with Crippen LogP contribution in [0.2, 0.25) is 5.02 Å². The highest BCUT2D eigenvalue weighted by molar-refractivity contribution is 6.30. The Hall–Kier alpha value is -1.13. The van der Waals surface area contributed by atoms with Crippen LogP contribution in [-0.2, 0) is 16.1 Å². The van der Waals surface area contributed by atoms with Crippen LogP contribution in [0.25, 0.3) is 0 Å². The van der Waals surface area contributed by atoms with Gasteiger partial charge in [0.1, 0.15) is 11.9 Å². The van der Waals surface area contributed by atoms with E-state index >= 15 is 0 Å². The molecule has 104 valence electrons. The number of esters is 1. The summed E-state index contributed by atoms with van der Waals surface area (Å²) in [6, 6.07) is 4.46. The van der Waals surface area contributed by atoms with Gasteiger partial charge in [0.25, 0.3) is 0 Å². The lowest BCUT2D eigenvalue weighted by Crippen LogP contribution is -2.44. The molecular formula is C14H17ClFNO2. The maximum Gasteiger partial charge on any atom is 0.323 e. The van der Waals surface area contributed by atoms with E-state index in [9.17, 15) is 9.18 Å². The van der Waals surface area contributed by atoms with Crippen molar-refractivity contribution in [2.75, 3.05) is 13.7 Å². The molecule has 1 heterocycles. The monoisotopic (exact) mass is 285 g/mol. The maximum absolute atomic E-state index is 13.1. The number of methoxy groups -OCH3 is 1. The SMILES string of the molecule is COC(=O)[C@H]1CCCCN1Cc1ccc(F)c(Cl)c1. The first-order valence-corrected chi connectivity index (χ1v) is 6.75. The first-order valence-electron chi connectivity index (χ1n) is 6.37. The Morgan fingerprint density at radius 2 is 2.32 bits per heavy atom. The number of hydrogen-bond acceptors (Lipinski definition) is 3. The van der Waals surface area contributed by atoms with E-state index in [1.807, 2.05) is 0 Å². The number of carbonyl (C=O) groups is 1. The molecule has 2 rings (SSSR count). The van der Waals surface area contributed by atoms with E-state index in [4.69, 9.17) is 16.3 Å². The summed E-state index contributed by atoms with van der Waals surface area (Å²) in [6.07, 6.45) is 2.89. The first-order chi connectivity index (χ1) is 9.11. The van der Waals surface area contributed by atoms with Crippen molar-refractivity contribution in [1.82, 2.24) is 4.90 Å². The fourth-order valence-electron chi connectivity index (χ4n) is 2.46. The van der Waals surface area contributed by atoms with E-state index < -0.39 is 5.82 Å². The van der Waals surface area contributed by atoms with Gasteiger partial charge in [-0.15, -0.1) is 0 Å². The molecule has 0 N–H and O–H groups in total. The van der Waals surface area contributed by atoms with Gasteiger partial charge in [-0.2, -0.15) is 0 Å². The van der Waals surface area contributed by atoms with Gasteiger partial charge in [0, 0.05) is 6.54 Å². The van der Waals surface area contributed by atoms with E-state index in [1.54, 1.807) is 12.1 Å². The molecule has 1 fully saturated rings. The number of rotatable bonds is 3. The fraction of sp³-hybridized carbons (Fsp3) is 0.500. The molecule has 0 aromatic heterocycles. The maximum atomic E-state index is 13.1. The summed E-state index contributed by atoms with van der Waals surface area (Å²) in [5.74, 6) is -0.624. The third-order valence-electron chi connectivity index (χ3n) is 3.46. The molecule has 1 aliphatic rings. The Bertz CT molecular complexity index is 467. The van der Waals surface area contributed by atoms with Crippen LogP contribution in [0.15, 0.2) is 18.2 Å². The molecule has 0 bridgehead atoms. The highest BCUT2D eigenvalue weighted by Crippen LogP contribution is 2.22. The van der Waals surface area contributed by atoms with Crippen LogP contribution >= 0.6 is 11.6 Å². The number of nitrogens with zero attached hydrogens (tertiary/aromatic N) is 1. The van der Waals surface area contributed by atoms with Crippen molar-refractivity contribution < 1.29 is 13.9 Å². The van der Waals surface area contributed by atoms with Gasteiger partial charge in [0.15, 0.2) is 0 Å². The number of hydrogen-bond donors (Lipinski definition) is 0. The van der Waals surface area contributed by atoms with Crippen LogP contribution in [0.4, 0.5) is 4.39 Å². The lowest BCUT2D eigenvalue weighted by atomic mass is 10.0. The smallest absolute Gasteiger partial charge is 0.323 e. The summed E-state index contributed by atoms with van der Waals surface area (Å²) in [5.41, 5.74) is 0.905. The molecule has 0 aliphatic carbocycles. The van der Waals surface area contributed by atoms with Gasteiger partial charge in [0.2, 0.25) is 0 Å². The molecule has 1 atom stereocenters. The first kappa shape index (κ1) is 14.3. The Balaban J connectivity index is 2.10. The van der Waals surface area contributed by atoms with Crippen LogP contribution in [0.1, 0.15) is 24.8 Å². The fourth-order valence-corrected chi connectivity index (χ4v) is 2.66. The highest BCUT2D eigenvalue weighted by Gasteiger charge is 2.29. The molecule has 0 unspecified atom stereocenters. The predicted octanol–water partition coefficient (Wildman–Crippen LogP) is 3.01. The Labute approximate surface area is 117 Å². The number of halogens is 2. The molecular weight excluding hydrogens is 269 g/mol. The summed E-state index contributed by atoms with van der Waals surface area (Å²) in [7, 11) is 1.41. The van der Waals surface area contributed by atoms with Gasteiger partial charge in [-0.25, -0.2) is 4.39 Å². The second-order valence-corrected chi connectivity index (χ2v) is 5.16. The van der Waals surface area contributed by atoms with Gasteiger partial charge in [0.05, 0.1) is 12.1 Å². The number of likely N-dealkylation sites (tertiary alicyclic amines) is 1.